The van der Waals surface area contributed by atoms with Gasteiger partial charge in [0.05, 0.1) is 10.7 Å². The molecule has 0 unspecified atom stereocenters. The monoisotopic (exact) mass is 453 g/mol. The van der Waals surface area contributed by atoms with E-state index in [2.05, 4.69) is 31.1 Å². The summed E-state index contributed by atoms with van der Waals surface area (Å²) in [6, 6.07) is 1.72. The minimum atomic E-state index is -3.61. The van der Waals surface area contributed by atoms with E-state index < -0.39 is 10.0 Å². The van der Waals surface area contributed by atoms with E-state index >= 15 is 0 Å². The molecule has 1 aliphatic heterocycles. The van der Waals surface area contributed by atoms with Gasteiger partial charge in [0.25, 0.3) is 5.91 Å². The van der Waals surface area contributed by atoms with Crippen LogP contribution in [-0.4, -0.2) is 74.1 Å². The molecule has 4 heterocycles. The Labute approximate surface area is 163 Å². The zero-order chi connectivity index (χ0) is 19.2. The van der Waals surface area contributed by atoms with Crippen LogP contribution in [0.2, 0.25) is 0 Å². The highest BCUT2D eigenvalue weighted by atomic mass is 79.9. The summed E-state index contributed by atoms with van der Waals surface area (Å²) in [7, 11) is -1.95. The molecule has 1 aliphatic rings. The van der Waals surface area contributed by atoms with Crippen molar-refractivity contribution in [3.63, 3.8) is 0 Å². The second-order valence-electron chi connectivity index (χ2n) is 6.10. The van der Waals surface area contributed by atoms with Gasteiger partial charge in [0, 0.05) is 51.8 Å². The Bertz CT molecular complexity index is 1120. The van der Waals surface area contributed by atoms with Gasteiger partial charge in [-0.05, 0) is 22.0 Å². The summed E-state index contributed by atoms with van der Waals surface area (Å²) in [5.74, 6) is -0.259. The smallest absolute Gasteiger partial charge is 0.275 e. The lowest BCUT2D eigenvalue weighted by Crippen LogP contribution is -2.50. The van der Waals surface area contributed by atoms with Crippen molar-refractivity contribution in [1.29, 1.82) is 0 Å². The van der Waals surface area contributed by atoms with Crippen LogP contribution < -0.4 is 0 Å². The van der Waals surface area contributed by atoms with Crippen molar-refractivity contribution in [3.8, 4) is 0 Å². The van der Waals surface area contributed by atoms with E-state index in [4.69, 9.17) is 0 Å². The fraction of sp³-hybridized carbons (Fsp3) is 0.333. The van der Waals surface area contributed by atoms with Crippen LogP contribution in [-0.2, 0) is 17.1 Å². The minimum absolute atomic E-state index is 0.152. The Hall–Kier alpha value is -2.31. The molecule has 142 valence electrons. The summed E-state index contributed by atoms with van der Waals surface area (Å²) >= 11 is 3.39. The number of carbonyl (C=O) groups is 1. The fourth-order valence-corrected chi connectivity index (χ4v) is 4.90. The number of sulfonamides is 1. The number of hydrogen-bond acceptors (Lipinski definition) is 6. The third kappa shape index (κ3) is 3.13. The van der Waals surface area contributed by atoms with Crippen molar-refractivity contribution in [3.05, 3.63) is 41.0 Å². The number of rotatable bonds is 3. The van der Waals surface area contributed by atoms with Crippen LogP contribution in [0.15, 0.2) is 40.2 Å². The van der Waals surface area contributed by atoms with Gasteiger partial charge < -0.3 is 4.90 Å². The van der Waals surface area contributed by atoms with E-state index in [0.29, 0.717) is 10.1 Å². The van der Waals surface area contributed by atoms with Crippen LogP contribution >= 0.6 is 15.9 Å². The minimum Gasteiger partial charge on any atom is -0.335 e. The highest BCUT2D eigenvalue weighted by Crippen LogP contribution is 2.23. The summed E-state index contributed by atoms with van der Waals surface area (Å²) in [5, 5.41) is 8.19. The average Bonchev–Trinajstić information content (AvgIpc) is 3.26. The second kappa shape index (κ2) is 6.69. The molecule has 0 atom stereocenters. The summed E-state index contributed by atoms with van der Waals surface area (Å²) in [6.45, 7) is 0.997. The highest BCUT2D eigenvalue weighted by molar-refractivity contribution is 9.10. The van der Waals surface area contributed by atoms with Gasteiger partial charge in [0.2, 0.25) is 10.0 Å². The van der Waals surface area contributed by atoms with E-state index in [9.17, 15) is 13.2 Å². The maximum Gasteiger partial charge on any atom is 0.275 e. The van der Waals surface area contributed by atoms with E-state index in [0.717, 1.165) is 0 Å². The number of fused-ring (bicyclic) bond motifs is 1. The summed E-state index contributed by atoms with van der Waals surface area (Å²) in [5.41, 5.74) is 0.816. The first-order valence-electron chi connectivity index (χ1n) is 8.15. The Balaban J connectivity index is 1.50. The third-order valence-electron chi connectivity index (χ3n) is 4.39. The molecule has 4 rings (SSSR count). The van der Waals surface area contributed by atoms with Gasteiger partial charge >= 0.3 is 0 Å². The van der Waals surface area contributed by atoms with Gasteiger partial charge in [0.15, 0.2) is 11.3 Å². The largest absolute Gasteiger partial charge is 0.335 e. The standard InChI is InChI=1S/C15H16BrN7O3S/c1-20-10-11(9-18-20)27(25,26)22-7-5-21(6-8-22)15(24)13-12(16)14-17-3-2-4-23(14)19-13/h2-4,9-10H,5-8H2,1H3. The van der Waals surface area contributed by atoms with E-state index in [1.165, 1.54) is 25.9 Å². The first-order valence-corrected chi connectivity index (χ1v) is 10.4. The van der Waals surface area contributed by atoms with Gasteiger partial charge in [-0.3, -0.25) is 9.48 Å². The number of carbonyl (C=O) groups excluding carboxylic acids is 1. The predicted molar refractivity (Wildman–Crippen MR) is 98.6 cm³/mol. The van der Waals surface area contributed by atoms with Gasteiger partial charge in [-0.1, -0.05) is 0 Å². The van der Waals surface area contributed by atoms with Crippen molar-refractivity contribution in [1.82, 2.24) is 33.6 Å². The van der Waals surface area contributed by atoms with Gasteiger partial charge in [-0.2, -0.15) is 14.5 Å². The van der Waals surface area contributed by atoms with E-state index in [1.54, 1.807) is 30.4 Å². The molecule has 0 aliphatic carbocycles. The first kappa shape index (κ1) is 18.1. The Morgan fingerprint density at radius 1 is 1.22 bits per heavy atom. The molecule has 1 amide bonds. The summed E-state index contributed by atoms with van der Waals surface area (Å²) < 4.78 is 30.2. The van der Waals surface area contributed by atoms with Gasteiger partial charge in [-0.25, -0.2) is 17.9 Å². The molecule has 27 heavy (non-hydrogen) atoms. The summed E-state index contributed by atoms with van der Waals surface area (Å²) in [4.78, 5) is 18.8. The lowest BCUT2D eigenvalue weighted by molar-refractivity contribution is 0.0690. The zero-order valence-electron chi connectivity index (χ0n) is 14.4. The molecule has 0 spiro atoms. The number of hydrogen-bond donors (Lipinski definition) is 0. The van der Waals surface area contributed by atoms with E-state index in [1.807, 2.05) is 0 Å². The van der Waals surface area contributed by atoms with Crippen LogP contribution in [0.25, 0.3) is 5.65 Å². The first-order chi connectivity index (χ1) is 12.9. The molecule has 3 aromatic rings. The van der Waals surface area contributed by atoms with Gasteiger partial charge in [-0.15, -0.1) is 0 Å². The molecular weight excluding hydrogens is 438 g/mol. The number of piperazine rings is 1. The zero-order valence-corrected chi connectivity index (χ0v) is 16.8. The molecule has 10 nitrogen and oxygen atoms in total. The van der Waals surface area contributed by atoms with Crippen LogP contribution in [0.4, 0.5) is 0 Å². The molecule has 12 heteroatoms. The fourth-order valence-electron chi connectivity index (χ4n) is 2.96. The molecule has 0 N–H and O–H groups in total. The third-order valence-corrected chi connectivity index (χ3v) is 6.97. The van der Waals surface area contributed by atoms with Crippen LogP contribution in [0.3, 0.4) is 0 Å². The summed E-state index contributed by atoms with van der Waals surface area (Å²) in [6.07, 6.45) is 6.13. The normalized spacial score (nSPS) is 16.1. The van der Waals surface area contributed by atoms with Crippen molar-refractivity contribution < 1.29 is 13.2 Å². The lowest BCUT2D eigenvalue weighted by atomic mass is 10.3. The van der Waals surface area contributed by atoms with E-state index in [-0.39, 0.29) is 42.7 Å². The predicted octanol–water partition coefficient (Wildman–Crippen LogP) is 0.372. The molecule has 1 saturated heterocycles. The number of aryl methyl sites for hydroxylation is 1. The van der Waals surface area contributed by atoms with Crippen molar-refractivity contribution in [2.24, 2.45) is 7.05 Å². The Kier molecular flexibility index (Phi) is 4.48. The van der Waals surface area contributed by atoms with Crippen molar-refractivity contribution in [2.45, 2.75) is 4.90 Å². The van der Waals surface area contributed by atoms with Gasteiger partial charge in [0.1, 0.15) is 4.90 Å². The number of amides is 1. The Morgan fingerprint density at radius 2 is 1.96 bits per heavy atom. The molecule has 0 saturated carbocycles. The van der Waals surface area contributed by atoms with Crippen LogP contribution in [0.1, 0.15) is 10.5 Å². The van der Waals surface area contributed by atoms with Crippen LogP contribution in [0.5, 0.6) is 0 Å². The molecule has 1 fully saturated rings. The maximum atomic E-state index is 12.8. The molecule has 3 aromatic heterocycles. The van der Waals surface area contributed by atoms with Crippen LogP contribution in [0, 0.1) is 0 Å². The maximum absolute atomic E-state index is 12.8. The van der Waals surface area contributed by atoms with Crippen molar-refractivity contribution in [2.75, 3.05) is 26.2 Å². The number of nitrogens with zero attached hydrogens (tertiary/aromatic N) is 7. The highest BCUT2D eigenvalue weighted by Gasteiger charge is 2.32. The quantitative estimate of drug-likeness (QED) is 0.567. The average molecular weight is 454 g/mol. The molecule has 0 aromatic carbocycles. The Morgan fingerprint density at radius 3 is 2.59 bits per heavy atom. The second-order valence-corrected chi connectivity index (χ2v) is 8.83. The van der Waals surface area contributed by atoms with Crippen molar-refractivity contribution >= 4 is 37.5 Å². The SMILES string of the molecule is Cn1cc(S(=O)(=O)N2CCN(C(=O)c3nn4cccnc4c3Br)CC2)cn1. The topological polar surface area (TPSA) is 106 Å². The lowest BCUT2D eigenvalue weighted by Gasteiger charge is -2.33. The molecular formula is C15H16BrN7O3S. The number of aromatic nitrogens is 5. The molecule has 0 radical (unpaired) electrons. The number of halogens is 1. The molecule has 0 bridgehead atoms.